The topological polar surface area (TPSA) is 68.2 Å². The Morgan fingerprint density at radius 3 is 2.33 bits per heavy atom. The molecule has 0 aliphatic heterocycles. The molecule has 0 spiro atoms. The van der Waals surface area contributed by atoms with Crippen LogP contribution in [-0.4, -0.2) is 28.3 Å². The second kappa shape index (κ2) is 13.8. The fraction of sp³-hybridized carbons (Fsp3) is 0.394. The molecular formula is C33H44N4O2. The van der Waals surface area contributed by atoms with Crippen molar-refractivity contribution in [2.45, 2.75) is 72.4 Å². The van der Waals surface area contributed by atoms with Crippen LogP contribution in [0.3, 0.4) is 0 Å². The fourth-order valence-electron chi connectivity index (χ4n) is 4.37. The molecule has 1 amide bonds. The number of amides is 1. The summed E-state index contributed by atoms with van der Waals surface area (Å²) in [6.45, 7) is 18.9. The lowest BCUT2D eigenvalue weighted by Gasteiger charge is -2.26. The lowest BCUT2D eigenvalue weighted by molar-refractivity contribution is -0.129. The first-order valence-electron chi connectivity index (χ1n) is 13.9. The van der Waals surface area contributed by atoms with Gasteiger partial charge in [0.25, 0.3) is 0 Å². The van der Waals surface area contributed by atoms with Crippen LogP contribution < -0.4 is 10.6 Å². The van der Waals surface area contributed by atoms with E-state index in [0.29, 0.717) is 12.4 Å². The molecule has 2 aromatic carbocycles. The standard InChI is InChI=1S/C33H44N4O2/c1-8-26-18-20-28(21-19-26)31(25(4)39-9-2)37-23-29(22-34-37)35-24(3)30(36-32(38)33(5,6)7)17-13-16-27-14-11-10-12-15-27/h10-12,14-15,18-23,30-31,35H,3-4,8-9,13,16-17H2,1-2,5-7H3,(H,36,38). The molecule has 6 heteroatoms. The number of nitrogens with zero attached hydrogens (tertiary/aromatic N) is 2. The second-order valence-electron chi connectivity index (χ2n) is 10.9. The van der Waals surface area contributed by atoms with E-state index in [1.807, 2.05) is 44.6 Å². The summed E-state index contributed by atoms with van der Waals surface area (Å²) in [6.07, 6.45) is 7.30. The van der Waals surface area contributed by atoms with Crippen molar-refractivity contribution >= 4 is 11.6 Å². The molecule has 3 aromatic rings. The maximum atomic E-state index is 12.9. The van der Waals surface area contributed by atoms with E-state index in [1.54, 1.807) is 6.20 Å². The average Bonchev–Trinajstić information content (AvgIpc) is 3.36. The normalized spacial score (nSPS) is 12.8. The Balaban J connectivity index is 1.76. The van der Waals surface area contributed by atoms with Gasteiger partial charge in [0, 0.05) is 17.3 Å². The average molecular weight is 529 g/mol. The Labute approximate surface area is 234 Å². The summed E-state index contributed by atoms with van der Waals surface area (Å²) < 4.78 is 7.67. The van der Waals surface area contributed by atoms with Crippen molar-refractivity contribution in [2.75, 3.05) is 11.9 Å². The van der Waals surface area contributed by atoms with E-state index in [2.05, 4.69) is 84.3 Å². The van der Waals surface area contributed by atoms with E-state index in [-0.39, 0.29) is 18.0 Å². The third-order valence-electron chi connectivity index (χ3n) is 6.72. The maximum Gasteiger partial charge on any atom is 0.225 e. The maximum absolute atomic E-state index is 12.9. The summed E-state index contributed by atoms with van der Waals surface area (Å²) in [6, 6.07) is 18.4. The van der Waals surface area contributed by atoms with Gasteiger partial charge in [0.15, 0.2) is 0 Å². The van der Waals surface area contributed by atoms with Crippen LogP contribution in [0.4, 0.5) is 5.69 Å². The highest BCUT2D eigenvalue weighted by Crippen LogP contribution is 2.28. The molecule has 3 rings (SSSR count). The quantitative estimate of drug-likeness (QED) is 0.220. The van der Waals surface area contributed by atoms with E-state index >= 15 is 0 Å². The number of rotatable bonds is 14. The van der Waals surface area contributed by atoms with E-state index in [1.165, 1.54) is 11.1 Å². The van der Waals surface area contributed by atoms with Gasteiger partial charge in [0.2, 0.25) is 5.91 Å². The highest BCUT2D eigenvalue weighted by Gasteiger charge is 2.26. The molecule has 0 aliphatic carbocycles. The van der Waals surface area contributed by atoms with Gasteiger partial charge in [-0.15, -0.1) is 0 Å². The molecule has 1 aromatic heterocycles. The number of carbonyl (C=O) groups excluding carboxylic acids is 1. The van der Waals surface area contributed by atoms with Gasteiger partial charge in [-0.25, -0.2) is 0 Å². The number of anilines is 1. The van der Waals surface area contributed by atoms with Crippen LogP contribution in [0.5, 0.6) is 0 Å². The van der Waals surface area contributed by atoms with Crippen molar-refractivity contribution in [3.8, 4) is 0 Å². The molecule has 2 N–H and O–H groups in total. The fourth-order valence-corrected chi connectivity index (χ4v) is 4.37. The van der Waals surface area contributed by atoms with E-state index in [0.717, 1.165) is 42.6 Å². The molecule has 208 valence electrons. The molecule has 6 nitrogen and oxygen atoms in total. The SMILES string of the molecule is C=C(Nc1cnn(C(C(=C)OCC)c2ccc(CC)cc2)c1)C(CCCc1ccccc1)NC(=O)C(C)(C)C. The molecule has 1 heterocycles. The number of ether oxygens (including phenoxy) is 1. The lowest BCUT2D eigenvalue weighted by atomic mass is 9.94. The summed E-state index contributed by atoms with van der Waals surface area (Å²) in [5.74, 6) is 0.626. The molecule has 0 saturated heterocycles. The molecule has 0 aliphatic rings. The van der Waals surface area contributed by atoms with Crippen LogP contribution >= 0.6 is 0 Å². The monoisotopic (exact) mass is 528 g/mol. The number of carbonyl (C=O) groups is 1. The smallest absolute Gasteiger partial charge is 0.225 e. The van der Waals surface area contributed by atoms with E-state index in [4.69, 9.17) is 4.74 Å². The minimum Gasteiger partial charge on any atom is -0.496 e. The molecule has 0 bridgehead atoms. The first kappa shape index (κ1) is 29.8. The summed E-state index contributed by atoms with van der Waals surface area (Å²) in [4.78, 5) is 12.9. The van der Waals surface area contributed by atoms with Crippen LogP contribution in [-0.2, 0) is 22.4 Å². The van der Waals surface area contributed by atoms with Gasteiger partial charge >= 0.3 is 0 Å². The Morgan fingerprint density at radius 2 is 1.72 bits per heavy atom. The molecule has 0 radical (unpaired) electrons. The Morgan fingerprint density at radius 1 is 1.03 bits per heavy atom. The van der Waals surface area contributed by atoms with Crippen LogP contribution in [0.1, 0.15) is 70.2 Å². The molecule has 0 saturated carbocycles. The molecular weight excluding hydrogens is 484 g/mol. The Kier molecular flexibility index (Phi) is 10.6. The molecule has 0 fully saturated rings. The van der Waals surface area contributed by atoms with Crippen molar-refractivity contribution in [1.29, 1.82) is 0 Å². The van der Waals surface area contributed by atoms with Gasteiger partial charge in [-0.2, -0.15) is 5.10 Å². The highest BCUT2D eigenvalue weighted by atomic mass is 16.5. The number of allylic oxidation sites excluding steroid dienone is 1. The van der Waals surface area contributed by atoms with Crippen LogP contribution in [0.15, 0.2) is 91.6 Å². The van der Waals surface area contributed by atoms with Gasteiger partial charge in [-0.3, -0.25) is 9.48 Å². The van der Waals surface area contributed by atoms with Crippen molar-refractivity contribution in [3.63, 3.8) is 0 Å². The molecule has 2 unspecified atom stereocenters. The summed E-state index contributed by atoms with van der Waals surface area (Å²) in [7, 11) is 0. The number of aromatic nitrogens is 2. The lowest BCUT2D eigenvalue weighted by Crippen LogP contribution is -2.43. The number of hydrogen-bond donors (Lipinski definition) is 2. The zero-order valence-electron chi connectivity index (χ0n) is 24.2. The zero-order valence-corrected chi connectivity index (χ0v) is 24.2. The number of aryl methyl sites for hydroxylation is 2. The zero-order chi connectivity index (χ0) is 28.4. The third kappa shape index (κ3) is 8.60. The summed E-state index contributed by atoms with van der Waals surface area (Å²) in [5, 5.41) is 11.2. The van der Waals surface area contributed by atoms with E-state index in [9.17, 15) is 4.79 Å². The Bertz CT molecular complexity index is 1220. The number of nitrogens with one attached hydrogen (secondary N) is 2. The molecule has 39 heavy (non-hydrogen) atoms. The van der Waals surface area contributed by atoms with Crippen molar-refractivity contribution in [1.82, 2.24) is 15.1 Å². The first-order chi connectivity index (χ1) is 18.6. The minimum absolute atomic E-state index is 0.00513. The number of benzene rings is 2. The van der Waals surface area contributed by atoms with Gasteiger partial charge in [-0.1, -0.05) is 95.5 Å². The van der Waals surface area contributed by atoms with Crippen molar-refractivity contribution < 1.29 is 9.53 Å². The molecule has 2 atom stereocenters. The predicted octanol–water partition coefficient (Wildman–Crippen LogP) is 7.06. The van der Waals surface area contributed by atoms with Crippen LogP contribution in [0.25, 0.3) is 0 Å². The van der Waals surface area contributed by atoms with Crippen molar-refractivity contribution in [3.05, 3.63) is 108 Å². The number of hydrogen-bond acceptors (Lipinski definition) is 4. The predicted molar refractivity (Wildman–Crippen MR) is 160 cm³/mol. The summed E-state index contributed by atoms with van der Waals surface area (Å²) >= 11 is 0. The minimum atomic E-state index is -0.497. The third-order valence-corrected chi connectivity index (χ3v) is 6.72. The van der Waals surface area contributed by atoms with Gasteiger partial charge < -0.3 is 15.4 Å². The Hall–Kier alpha value is -3.80. The van der Waals surface area contributed by atoms with Gasteiger partial charge in [0.1, 0.15) is 11.8 Å². The second-order valence-corrected chi connectivity index (χ2v) is 10.9. The van der Waals surface area contributed by atoms with Gasteiger partial charge in [-0.05, 0) is 49.3 Å². The first-order valence-corrected chi connectivity index (χ1v) is 13.9. The summed E-state index contributed by atoms with van der Waals surface area (Å²) in [5.41, 5.74) is 4.63. The van der Waals surface area contributed by atoms with Gasteiger partial charge in [0.05, 0.1) is 24.5 Å². The highest BCUT2D eigenvalue weighted by molar-refractivity contribution is 5.82. The van der Waals surface area contributed by atoms with Crippen molar-refractivity contribution in [2.24, 2.45) is 5.41 Å². The van der Waals surface area contributed by atoms with Crippen LogP contribution in [0.2, 0.25) is 0 Å². The van der Waals surface area contributed by atoms with E-state index < -0.39 is 5.41 Å². The largest absolute Gasteiger partial charge is 0.496 e. The van der Waals surface area contributed by atoms with Crippen LogP contribution in [0, 0.1) is 5.41 Å².